The lowest BCUT2D eigenvalue weighted by Crippen LogP contribution is -2.46. The minimum Gasteiger partial charge on any atom is -0.393 e. The summed E-state index contributed by atoms with van der Waals surface area (Å²) in [7, 11) is 0. The summed E-state index contributed by atoms with van der Waals surface area (Å²) in [5.41, 5.74) is 1.26. The second kappa shape index (κ2) is 6.75. The molecule has 2 fully saturated rings. The molecule has 2 unspecified atom stereocenters. The highest BCUT2D eigenvalue weighted by atomic mass is 16.3. The van der Waals surface area contributed by atoms with Crippen molar-refractivity contribution >= 4 is 5.69 Å². The number of hydrogen-bond acceptors (Lipinski definition) is 4. The number of rotatable bonds is 3. The van der Waals surface area contributed by atoms with Gasteiger partial charge >= 0.3 is 0 Å². The molecule has 0 aromatic carbocycles. The molecular formula is C17H27N3O. The SMILES string of the molecule is CC1CC(O)CCN1CC1CCN(c2cccnc2)CC1. The minimum absolute atomic E-state index is 0.0799. The van der Waals surface area contributed by atoms with E-state index in [9.17, 15) is 5.11 Å². The van der Waals surface area contributed by atoms with E-state index in [1.54, 1.807) is 0 Å². The van der Waals surface area contributed by atoms with E-state index in [4.69, 9.17) is 0 Å². The maximum atomic E-state index is 9.72. The van der Waals surface area contributed by atoms with Gasteiger partial charge in [0.25, 0.3) is 0 Å². The van der Waals surface area contributed by atoms with E-state index in [0.717, 1.165) is 38.4 Å². The first-order chi connectivity index (χ1) is 10.2. The number of aliphatic hydroxyl groups is 1. The summed E-state index contributed by atoms with van der Waals surface area (Å²) >= 11 is 0. The smallest absolute Gasteiger partial charge is 0.0567 e. The van der Waals surface area contributed by atoms with E-state index in [-0.39, 0.29) is 6.10 Å². The third-order valence-electron chi connectivity index (χ3n) is 5.10. The van der Waals surface area contributed by atoms with Crippen LogP contribution in [-0.2, 0) is 0 Å². The molecule has 21 heavy (non-hydrogen) atoms. The van der Waals surface area contributed by atoms with Crippen LogP contribution in [0.3, 0.4) is 0 Å². The van der Waals surface area contributed by atoms with Gasteiger partial charge in [-0.15, -0.1) is 0 Å². The van der Waals surface area contributed by atoms with Gasteiger partial charge in [0.1, 0.15) is 0 Å². The summed E-state index contributed by atoms with van der Waals surface area (Å²) in [4.78, 5) is 9.25. The van der Waals surface area contributed by atoms with Gasteiger partial charge in [-0.2, -0.15) is 0 Å². The first-order valence-corrected chi connectivity index (χ1v) is 8.29. The van der Waals surface area contributed by atoms with Crippen LogP contribution in [0, 0.1) is 5.92 Å². The molecule has 0 bridgehead atoms. The maximum Gasteiger partial charge on any atom is 0.0567 e. The molecule has 116 valence electrons. The third kappa shape index (κ3) is 3.74. The lowest BCUT2D eigenvalue weighted by atomic mass is 9.93. The highest BCUT2D eigenvalue weighted by molar-refractivity contribution is 5.43. The van der Waals surface area contributed by atoms with Crippen LogP contribution < -0.4 is 4.90 Å². The Morgan fingerprint density at radius 3 is 2.71 bits per heavy atom. The predicted molar refractivity (Wildman–Crippen MR) is 85.4 cm³/mol. The molecule has 2 aliphatic rings. The molecular weight excluding hydrogens is 262 g/mol. The molecule has 0 saturated carbocycles. The third-order valence-corrected chi connectivity index (χ3v) is 5.10. The van der Waals surface area contributed by atoms with Crippen LogP contribution in [0.15, 0.2) is 24.5 Å². The van der Waals surface area contributed by atoms with Gasteiger partial charge in [0.05, 0.1) is 18.0 Å². The summed E-state index contributed by atoms with van der Waals surface area (Å²) < 4.78 is 0. The van der Waals surface area contributed by atoms with Crippen LogP contribution in [0.2, 0.25) is 0 Å². The summed E-state index contributed by atoms with van der Waals surface area (Å²) in [5, 5.41) is 9.72. The molecule has 1 N–H and O–H groups in total. The molecule has 0 spiro atoms. The molecule has 0 amide bonds. The van der Waals surface area contributed by atoms with Crippen molar-refractivity contribution in [1.29, 1.82) is 0 Å². The van der Waals surface area contributed by atoms with E-state index < -0.39 is 0 Å². The molecule has 3 heterocycles. The van der Waals surface area contributed by atoms with Gasteiger partial charge in [-0.25, -0.2) is 0 Å². The summed E-state index contributed by atoms with van der Waals surface area (Å²) in [6.45, 7) is 6.80. The largest absolute Gasteiger partial charge is 0.393 e. The number of nitrogens with zero attached hydrogens (tertiary/aromatic N) is 3. The van der Waals surface area contributed by atoms with E-state index in [1.807, 2.05) is 18.5 Å². The van der Waals surface area contributed by atoms with Gasteiger partial charge in [-0.3, -0.25) is 4.98 Å². The van der Waals surface area contributed by atoms with E-state index >= 15 is 0 Å². The fraction of sp³-hybridized carbons (Fsp3) is 0.706. The summed E-state index contributed by atoms with van der Waals surface area (Å²) in [5.74, 6) is 0.801. The van der Waals surface area contributed by atoms with Gasteiger partial charge in [0, 0.05) is 38.4 Å². The van der Waals surface area contributed by atoms with Crippen molar-refractivity contribution in [1.82, 2.24) is 9.88 Å². The quantitative estimate of drug-likeness (QED) is 0.925. The van der Waals surface area contributed by atoms with Crippen molar-refractivity contribution in [2.75, 3.05) is 31.1 Å². The highest BCUT2D eigenvalue weighted by Crippen LogP contribution is 2.25. The topological polar surface area (TPSA) is 39.6 Å². The molecule has 0 aliphatic carbocycles. The Balaban J connectivity index is 1.48. The maximum absolute atomic E-state index is 9.72. The lowest BCUT2D eigenvalue weighted by molar-refractivity contribution is 0.0377. The minimum atomic E-state index is -0.0799. The average molecular weight is 289 g/mol. The molecule has 2 aliphatic heterocycles. The standard InChI is InChI=1S/C17H27N3O/c1-14-11-17(21)6-10-20(14)13-15-4-8-19(9-5-15)16-3-2-7-18-12-16/h2-3,7,12,14-15,17,21H,4-6,8-11,13H2,1H3. The molecule has 1 aromatic heterocycles. The summed E-state index contributed by atoms with van der Waals surface area (Å²) in [6.07, 6.45) is 8.13. The number of likely N-dealkylation sites (tertiary alicyclic amines) is 1. The molecule has 2 saturated heterocycles. The van der Waals surface area contributed by atoms with Crippen molar-refractivity contribution in [3.05, 3.63) is 24.5 Å². The highest BCUT2D eigenvalue weighted by Gasteiger charge is 2.27. The normalized spacial score (nSPS) is 28.8. The monoisotopic (exact) mass is 289 g/mol. The first-order valence-electron chi connectivity index (χ1n) is 8.29. The molecule has 2 atom stereocenters. The summed E-state index contributed by atoms with van der Waals surface area (Å²) in [6, 6.07) is 4.70. The fourth-order valence-electron chi connectivity index (χ4n) is 3.71. The Hall–Kier alpha value is -1.13. The van der Waals surface area contributed by atoms with Gasteiger partial charge < -0.3 is 14.9 Å². The average Bonchev–Trinajstić information content (AvgIpc) is 2.52. The van der Waals surface area contributed by atoms with Crippen molar-refractivity contribution in [2.24, 2.45) is 5.92 Å². The second-order valence-corrected chi connectivity index (χ2v) is 6.66. The van der Waals surface area contributed by atoms with Gasteiger partial charge in [-0.05, 0) is 50.7 Å². The Bertz CT molecular complexity index is 431. The molecule has 4 nitrogen and oxygen atoms in total. The zero-order valence-electron chi connectivity index (χ0n) is 13.0. The predicted octanol–water partition coefficient (Wildman–Crippen LogP) is 2.14. The number of hydrogen-bond donors (Lipinski definition) is 1. The number of aromatic nitrogens is 1. The number of anilines is 1. The zero-order chi connectivity index (χ0) is 14.7. The molecule has 3 rings (SSSR count). The van der Waals surface area contributed by atoms with Crippen molar-refractivity contribution in [2.45, 2.75) is 44.8 Å². The van der Waals surface area contributed by atoms with Crippen LogP contribution in [0.25, 0.3) is 0 Å². The van der Waals surface area contributed by atoms with E-state index in [0.29, 0.717) is 6.04 Å². The number of aliphatic hydroxyl groups excluding tert-OH is 1. The van der Waals surface area contributed by atoms with Crippen LogP contribution in [0.4, 0.5) is 5.69 Å². The van der Waals surface area contributed by atoms with Gasteiger partial charge in [0.2, 0.25) is 0 Å². The lowest BCUT2D eigenvalue weighted by Gasteiger charge is -2.40. The molecule has 1 aromatic rings. The Morgan fingerprint density at radius 1 is 1.24 bits per heavy atom. The number of pyridine rings is 1. The second-order valence-electron chi connectivity index (χ2n) is 6.66. The van der Waals surface area contributed by atoms with Gasteiger partial charge in [0.15, 0.2) is 0 Å². The van der Waals surface area contributed by atoms with Crippen molar-refractivity contribution in [3.63, 3.8) is 0 Å². The Kier molecular flexibility index (Phi) is 4.76. The van der Waals surface area contributed by atoms with Crippen molar-refractivity contribution in [3.8, 4) is 0 Å². The van der Waals surface area contributed by atoms with E-state index in [2.05, 4.69) is 27.8 Å². The fourth-order valence-corrected chi connectivity index (χ4v) is 3.71. The van der Waals surface area contributed by atoms with E-state index in [1.165, 1.54) is 25.1 Å². The van der Waals surface area contributed by atoms with Crippen molar-refractivity contribution < 1.29 is 5.11 Å². The van der Waals surface area contributed by atoms with Gasteiger partial charge in [-0.1, -0.05) is 0 Å². The molecule has 4 heteroatoms. The van der Waals surface area contributed by atoms with Crippen LogP contribution >= 0.6 is 0 Å². The van der Waals surface area contributed by atoms with Crippen LogP contribution in [0.1, 0.15) is 32.6 Å². The molecule has 0 radical (unpaired) electrons. The first kappa shape index (κ1) is 14.8. The Labute approximate surface area is 127 Å². The number of piperidine rings is 2. The zero-order valence-corrected chi connectivity index (χ0v) is 13.0. The van der Waals surface area contributed by atoms with Crippen LogP contribution in [-0.4, -0.2) is 53.3 Å². The Morgan fingerprint density at radius 2 is 2.05 bits per heavy atom. The van der Waals surface area contributed by atoms with Crippen LogP contribution in [0.5, 0.6) is 0 Å².